The number of alkyl halides is 3. The molecule has 172 valence electrons. The van der Waals surface area contributed by atoms with E-state index in [9.17, 15) is 18.0 Å². The van der Waals surface area contributed by atoms with E-state index in [0.29, 0.717) is 11.2 Å². The zero-order valence-electron chi connectivity index (χ0n) is 18.3. The number of carbonyl (C=O) groups excluding carboxylic acids is 1. The second kappa shape index (κ2) is 8.02. The van der Waals surface area contributed by atoms with Crippen LogP contribution in [0.5, 0.6) is 0 Å². The fourth-order valence-electron chi connectivity index (χ4n) is 3.97. The number of amides is 1. The van der Waals surface area contributed by atoms with Gasteiger partial charge in [-0.3, -0.25) is 4.79 Å². The van der Waals surface area contributed by atoms with Crippen LogP contribution in [0.4, 0.5) is 13.2 Å². The maximum Gasteiger partial charge on any atom is 0.408 e. The van der Waals surface area contributed by atoms with Crippen molar-refractivity contribution in [1.82, 2.24) is 24.9 Å². The molecular weight excluding hydrogens is 443 g/mol. The molecule has 0 aliphatic carbocycles. The summed E-state index contributed by atoms with van der Waals surface area (Å²) < 4.78 is 40.2. The second-order valence-electron chi connectivity index (χ2n) is 8.18. The molecule has 1 atom stereocenters. The molecule has 9 heteroatoms. The fraction of sp³-hybridized carbons (Fsp3) is 0.160. The van der Waals surface area contributed by atoms with Gasteiger partial charge in [0, 0.05) is 35.1 Å². The van der Waals surface area contributed by atoms with Gasteiger partial charge in [0.25, 0.3) is 5.91 Å². The van der Waals surface area contributed by atoms with Crippen LogP contribution in [0.25, 0.3) is 38.8 Å². The number of nitrogens with one attached hydrogen (secondary N) is 2. The van der Waals surface area contributed by atoms with Crippen molar-refractivity contribution in [2.24, 2.45) is 0 Å². The average molecular weight is 463 g/mol. The van der Waals surface area contributed by atoms with Crippen LogP contribution in [0.3, 0.4) is 0 Å². The van der Waals surface area contributed by atoms with Gasteiger partial charge in [-0.05, 0) is 48.7 Å². The molecule has 2 N–H and O–H groups in total. The standard InChI is InChI=1S/C25H20F3N5O/c1-14-5-3-4-6-18(14)17-9-19-20(12-30-23(19)29-11-17)16-7-8-33-22(10-16)21(13-31-33)24(34)32-15(2)25(26,27)28/h3-13,15H,1-2H3,(H,29,30)(H,32,34)/t15-/m1/s1. The number of pyridine rings is 2. The molecule has 34 heavy (non-hydrogen) atoms. The monoisotopic (exact) mass is 463 g/mol. The van der Waals surface area contributed by atoms with Crippen molar-refractivity contribution < 1.29 is 18.0 Å². The third kappa shape index (κ3) is 3.79. The molecule has 0 radical (unpaired) electrons. The normalized spacial score (nSPS) is 12.9. The Morgan fingerprint density at radius 3 is 2.65 bits per heavy atom. The quantitative estimate of drug-likeness (QED) is 0.368. The molecule has 0 saturated heterocycles. The van der Waals surface area contributed by atoms with Crippen molar-refractivity contribution in [3.63, 3.8) is 0 Å². The minimum atomic E-state index is -4.53. The molecule has 0 spiro atoms. The predicted molar refractivity (Wildman–Crippen MR) is 123 cm³/mol. The summed E-state index contributed by atoms with van der Waals surface area (Å²) in [6.45, 7) is 2.94. The highest BCUT2D eigenvalue weighted by atomic mass is 19.4. The lowest BCUT2D eigenvalue weighted by atomic mass is 9.99. The van der Waals surface area contributed by atoms with Crippen LogP contribution in [-0.4, -0.2) is 37.7 Å². The van der Waals surface area contributed by atoms with Crippen LogP contribution in [-0.2, 0) is 0 Å². The summed E-state index contributed by atoms with van der Waals surface area (Å²) in [6.07, 6.45) is 2.05. The summed E-state index contributed by atoms with van der Waals surface area (Å²) in [5, 5.41) is 7.00. The highest BCUT2D eigenvalue weighted by molar-refractivity contribution is 6.02. The molecule has 0 unspecified atom stereocenters. The summed E-state index contributed by atoms with van der Waals surface area (Å²) >= 11 is 0. The summed E-state index contributed by atoms with van der Waals surface area (Å²) in [5.74, 6) is -0.834. The van der Waals surface area contributed by atoms with Crippen molar-refractivity contribution in [2.75, 3.05) is 0 Å². The average Bonchev–Trinajstić information content (AvgIpc) is 3.42. The highest BCUT2D eigenvalue weighted by Crippen LogP contribution is 2.33. The molecule has 1 aromatic carbocycles. The second-order valence-corrected chi connectivity index (χ2v) is 8.18. The molecule has 0 fully saturated rings. The van der Waals surface area contributed by atoms with Gasteiger partial charge in [-0.25, -0.2) is 9.50 Å². The SMILES string of the molecule is Cc1ccccc1-c1cnc2[nH]cc(-c3ccn4ncc(C(=O)N[C@H](C)C(F)(F)F)c4c3)c2c1. The Bertz CT molecular complexity index is 1530. The number of H-pyrrole nitrogens is 1. The van der Waals surface area contributed by atoms with E-state index < -0.39 is 18.1 Å². The van der Waals surface area contributed by atoms with Crippen molar-refractivity contribution in [2.45, 2.75) is 26.1 Å². The van der Waals surface area contributed by atoms with Gasteiger partial charge in [0.05, 0.1) is 17.3 Å². The summed E-state index contributed by atoms with van der Waals surface area (Å²) in [5.41, 5.74) is 5.99. The number of benzene rings is 1. The zero-order valence-corrected chi connectivity index (χ0v) is 18.3. The van der Waals surface area contributed by atoms with Crippen molar-refractivity contribution in [3.8, 4) is 22.3 Å². The Morgan fingerprint density at radius 2 is 1.88 bits per heavy atom. The Hall–Kier alpha value is -4.14. The van der Waals surface area contributed by atoms with E-state index in [2.05, 4.69) is 21.1 Å². The van der Waals surface area contributed by atoms with E-state index in [4.69, 9.17) is 0 Å². The lowest BCUT2D eigenvalue weighted by Crippen LogP contribution is -2.43. The maximum absolute atomic E-state index is 12.9. The molecule has 4 heterocycles. The summed E-state index contributed by atoms with van der Waals surface area (Å²) in [7, 11) is 0. The Balaban J connectivity index is 1.56. The Kier molecular flexibility index (Phi) is 5.11. The van der Waals surface area contributed by atoms with Crippen LogP contribution >= 0.6 is 0 Å². The number of nitrogens with zero attached hydrogens (tertiary/aromatic N) is 3. The summed E-state index contributed by atoms with van der Waals surface area (Å²) in [6, 6.07) is 11.7. The van der Waals surface area contributed by atoms with E-state index in [-0.39, 0.29) is 5.56 Å². The van der Waals surface area contributed by atoms with Gasteiger partial charge in [-0.15, -0.1) is 0 Å². The fourth-order valence-corrected chi connectivity index (χ4v) is 3.97. The Labute approximate surface area is 192 Å². The van der Waals surface area contributed by atoms with Crippen LogP contribution in [0.15, 0.2) is 67.3 Å². The number of hydrogen-bond acceptors (Lipinski definition) is 3. The van der Waals surface area contributed by atoms with Crippen LogP contribution < -0.4 is 5.32 Å². The van der Waals surface area contributed by atoms with E-state index in [1.165, 1.54) is 10.7 Å². The molecule has 0 aliphatic heterocycles. The number of fused-ring (bicyclic) bond motifs is 2. The van der Waals surface area contributed by atoms with Gasteiger partial charge in [-0.2, -0.15) is 18.3 Å². The molecular formula is C25H20F3N5O. The molecule has 5 aromatic rings. The number of aromatic nitrogens is 4. The maximum atomic E-state index is 12.9. The van der Waals surface area contributed by atoms with E-state index >= 15 is 0 Å². The molecule has 6 nitrogen and oxygen atoms in total. The van der Waals surface area contributed by atoms with Gasteiger partial charge in [0.2, 0.25) is 0 Å². The van der Waals surface area contributed by atoms with Gasteiger partial charge in [-0.1, -0.05) is 24.3 Å². The Morgan fingerprint density at radius 1 is 1.09 bits per heavy atom. The molecule has 0 aliphatic rings. The molecule has 5 rings (SSSR count). The van der Waals surface area contributed by atoms with Crippen LogP contribution in [0.1, 0.15) is 22.8 Å². The molecule has 0 saturated carbocycles. The minimum absolute atomic E-state index is 0.0662. The van der Waals surface area contributed by atoms with E-state index in [1.807, 2.05) is 55.0 Å². The van der Waals surface area contributed by atoms with Gasteiger partial charge in [0.1, 0.15) is 11.7 Å². The zero-order chi connectivity index (χ0) is 24.0. The lowest BCUT2D eigenvalue weighted by molar-refractivity contribution is -0.149. The van der Waals surface area contributed by atoms with Gasteiger partial charge >= 0.3 is 6.18 Å². The number of aryl methyl sites for hydroxylation is 1. The number of halogens is 3. The van der Waals surface area contributed by atoms with Crippen LogP contribution in [0.2, 0.25) is 0 Å². The number of aromatic amines is 1. The topological polar surface area (TPSA) is 75.1 Å². The third-order valence-corrected chi connectivity index (χ3v) is 5.90. The number of carbonyl (C=O) groups is 1. The first-order valence-corrected chi connectivity index (χ1v) is 10.6. The lowest BCUT2D eigenvalue weighted by Gasteiger charge is -2.16. The first-order chi connectivity index (χ1) is 16.2. The summed E-state index contributed by atoms with van der Waals surface area (Å²) in [4.78, 5) is 20.3. The first-order valence-electron chi connectivity index (χ1n) is 10.6. The van der Waals surface area contributed by atoms with Crippen molar-refractivity contribution in [3.05, 3.63) is 78.4 Å². The van der Waals surface area contributed by atoms with Crippen molar-refractivity contribution >= 4 is 22.5 Å². The van der Waals surface area contributed by atoms with E-state index in [0.717, 1.165) is 40.1 Å². The number of hydrogen-bond donors (Lipinski definition) is 2. The van der Waals surface area contributed by atoms with Gasteiger partial charge in [0.15, 0.2) is 0 Å². The third-order valence-electron chi connectivity index (χ3n) is 5.90. The number of rotatable bonds is 4. The molecule has 4 aromatic heterocycles. The van der Waals surface area contributed by atoms with Gasteiger partial charge < -0.3 is 10.3 Å². The van der Waals surface area contributed by atoms with E-state index in [1.54, 1.807) is 12.3 Å². The highest BCUT2D eigenvalue weighted by Gasteiger charge is 2.37. The predicted octanol–water partition coefficient (Wildman–Crippen LogP) is 5.53. The molecule has 1 amide bonds. The smallest absolute Gasteiger partial charge is 0.346 e. The minimum Gasteiger partial charge on any atom is -0.346 e. The largest absolute Gasteiger partial charge is 0.408 e. The van der Waals surface area contributed by atoms with Crippen molar-refractivity contribution in [1.29, 1.82) is 0 Å². The molecule has 0 bridgehead atoms. The van der Waals surface area contributed by atoms with Crippen LogP contribution in [0, 0.1) is 6.92 Å². The first kappa shape index (κ1) is 21.7.